The number of halogens is 2. The van der Waals surface area contributed by atoms with Crippen molar-refractivity contribution in [3.8, 4) is 0 Å². The fraction of sp³-hybridized carbons (Fsp3) is 0.364. The van der Waals surface area contributed by atoms with Gasteiger partial charge in [-0.15, -0.1) is 0 Å². The predicted octanol–water partition coefficient (Wildman–Crippen LogP) is 1.96. The summed E-state index contributed by atoms with van der Waals surface area (Å²) in [6.45, 7) is 0.315. The molecule has 0 amide bonds. The molecule has 0 fully saturated rings. The van der Waals surface area contributed by atoms with E-state index in [4.69, 9.17) is 0 Å². The number of benzene rings is 1. The first kappa shape index (κ1) is 12.4. The summed E-state index contributed by atoms with van der Waals surface area (Å²) >= 11 is 0. The molecule has 5 heteroatoms. The number of carbonyl (C=O) groups excluding carboxylic acids is 1. The standard InChI is InChI=1S/C11H13F2NO2/c1-14(6-5-11(15)16-2)10-4-3-8(12)7-9(10)13/h3-4,7H,5-6H2,1-2H3. The van der Waals surface area contributed by atoms with Gasteiger partial charge >= 0.3 is 5.97 Å². The minimum absolute atomic E-state index is 0.157. The third kappa shape index (κ3) is 3.18. The Hall–Kier alpha value is -1.65. The molecule has 1 rings (SSSR count). The largest absolute Gasteiger partial charge is 0.469 e. The summed E-state index contributed by atoms with van der Waals surface area (Å²) in [7, 11) is 2.92. The lowest BCUT2D eigenvalue weighted by Gasteiger charge is -2.19. The van der Waals surface area contributed by atoms with Crippen molar-refractivity contribution in [2.75, 3.05) is 25.6 Å². The van der Waals surface area contributed by atoms with E-state index in [1.165, 1.54) is 24.1 Å². The van der Waals surface area contributed by atoms with Crippen LogP contribution in [0.25, 0.3) is 0 Å². The minimum Gasteiger partial charge on any atom is -0.469 e. The van der Waals surface area contributed by atoms with Gasteiger partial charge in [-0.2, -0.15) is 0 Å². The molecule has 0 aromatic heterocycles. The molecule has 0 heterocycles. The van der Waals surface area contributed by atoms with Crippen molar-refractivity contribution in [3.63, 3.8) is 0 Å². The van der Waals surface area contributed by atoms with Gasteiger partial charge in [0.1, 0.15) is 11.6 Å². The fourth-order valence-corrected chi connectivity index (χ4v) is 1.27. The molecule has 0 N–H and O–H groups in total. The zero-order valence-electron chi connectivity index (χ0n) is 9.17. The topological polar surface area (TPSA) is 29.5 Å². The van der Waals surface area contributed by atoms with Crippen molar-refractivity contribution in [2.45, 2.75) is 6.42 Å². The third-order valence-electron chi connectivity index (χ3n) is 2.20. The molecule has 0 saturated carbocycles. The van der Waals surface area contributed by atoms with Crippen LogP contribution in [0.3, 0.4) is 0 Å². The Balaban J connectivity index is 2.65. The number of rotatable bonds is 4. The number of methoxy groups -OCH3 is 1. The van der Waals surface area contributed by atoms with E-state index < -0.39 is 11.6 Å². The van der Waals surface area contributed by atoms with E-state index in [1.807, 2.05) is 0 Å². The highest BCUT2D eigenvalue weighted by Crippen LogP contribution is 2.18. The second-order valence-electron chi connectivity index (χ2n) is 3.34. The van der Waals surface area contributed by atoms with Gasteiger partial charge in [0.25, 0.3) is 0 Å². The Morgan fingerprint density at radius 3 is 2.69 bits per heavy atom. The Morgan fingerprint density at radius 1 is 1.44 bits per heavy atom. The second kappa shape index (κ2) is 5.44. The molecule has 0 aliphatic heterocycles. The Kier molecular flexibility index (Phi) is 4.22. The lowest BCUT2D eigenvalue weighted by Crippen LogP contribution is -2.22. The SMILES string of the molecule is COC(=O)CCN(C)c1ccc(F)cc1F. The van der Waals surface area contributed by atoms with Crippen LogP contribution in [0.4, 0.5) is 14.5 Å². The lowest BCUT2D eigenvalue weighted by molar-refractivity contribution is -0.140. The average molecular weight is 229 g/mol. The highest BCUT2D eigenvalue weighted by atomic mass is 19.1. The van der Waals surface area contributed by atoms with E-state index in [0.717, 1.165) is 6.07 Å². The van der Waals surface area contributed by atoms with E-state index in [2.05, 4.69) is 4.74 Å². The maximum Gasteiger partial charge on any atom is 0.307 e. The minimum atomic E-state index is -0.646. The first-order valence-electron chi connectivity index (χ1n) is 4.77. The molecular formula is C11H13F2NO2. The Bertz CT molecular complexity index is 382. The molecule has 0 aliphatic rings. The molecular weight excluding hydrogens is 216 g/mol. The zero-order valence-corrected chi connectivity index (χ0v) is 9.17. The molecule has 0 radical (unpaired) electrons. The van der Waals surface area contributed by atoms with Gasteiger partial charge in [0, 0.05) is 19.7 Å². The van der Waals surface area contributed by atoms with E-state index in [1.54, 1.807) is 7.05 Å². The molecule has 1 aromatic carbocycles. The van der Waals surface area contributed by atoms with Crippen LogP contribution in [-0.2, 0) is 9.53 Å². The van der Waals surface area contributed by atoms with E-state index in [0.29, 0.717) is 6.54 Å². The molecule has 0 spiro atoms. The molecule has 16 heavy (non-hydrogen) atoms. The summed E-state index contributed by atoms with van der Waals surface area (Å²) in [5, 5.41) is 0. The summed E-state index contributed by atoms with van der Waals surface area (Å²) in [5.41, 5.74) is 0.255. The summed E-state index contributed by atoms with van der Waals surface area (Å²) in [4.78, 5) is 12.4. The molecule has 0 bridgehead atoms. The fourth-order valence-electron chi connectivity index (χ4n) is 1.27. The van der Waals surface area contributed by atoms with Gasteiger partial charge in [0.15, 0.2) is 0 Å². The quantitative estimate of drug-likeness (QED) is 0.739. The zero-order chi connectivity index (χ0) is 12.1. The maximum absolute atomic E-state index is 13.3. The van der Waals surface area contributed by atoms with E-state index in [9.17, 15) is 13.6 Å². The van der Waals surface area contributed by atoms with Crippen molar-refractivity contribution in [1.29, 1.82) is 0 Å². The number of esters is 1. The van der Waals surface area contributed by atoms with Crippen LogP contribution in [-0.4, -0.2) is 26.7 Å². The summed E-state index contributed by atoms with van der Waals surface area (Å²) < 4.78 is 30.4. The first-order valence-corrected chi connectivity index (χ1v) is 4.77. The van der Waals surface area contributed by atoms with E-state index >= 15 is 0 Å². The predicted molar refractivity (Wildman–Crippen MR) is 56.3 cm³/mol. The summed E-state index contributed by atoms with van der Waals surface area (Å²) in [6, 6.07) is 3.32. The van der Waals surface area contributed by atoms with Crippen LogP contribution in [0.15, 0.2) is 18.2 Å². The van der Waals surface area contributed by atoms with Gasteiger partial charge in [-0.3, -0.25) is 4.79 Å². The van der Waals surface area contributed by atoms with Crippen molar-refractivity contribution in [1.82, 2.24) is 0 Å². The van der Waals surface area contributed by atoms with Crippen LogP contribution in [0.2, 0.25) is 0 Å². The van der Waals surface area contributed by atoms with Crippen LogP contribution in [0.1, 0.15) is 6.42 Å². The molecule has 88 valence electrons. The number of anilines is 1. The number of carbonyl (C=O) groups is 1. The van der Waals surface area contributed by atoms with Gasteiger partial charge in [-0.05, 0) is 12.1 Å². The van der Waals surface area contributed by atoms with Crippen LogP contribution in [0.5, 0.6) is 0 Å². The Morgan fingerprint density at radius 2 is 2.12 bits per heavy atom. The van der Waals surface area contributed by atoms with Gasteiger partial charge < -0.3 is 9.64 Å². The number of hydrogen-bond acceptors (Lipinski definition) is 3. The van der Waals surface area contributed by atoms with E-state index in [-0.39, 0.29) is 18.1 Å². The number of ether oxygens (including phenoxy) is 1. The van der Waals surface area contributed by atoms with Gasteiger partial charge in [-0.1, -0.05) is 0 Å². The molecule has 3 nitrogen and oxygen atoms in total. The average Bonchev–Trinajstić information content (AvgIpc) is 2.25. The molecule has 0 saturated heterocycles. The van der Waals surface area contributed by atoms with Gasteiger partial charge in [0.2, 0.25) is 0 Å². The van der Waals surface area contributed by atoms with Gasteiger partial charge in [-0.25, -0.2) is 8.78 Å². The van der Waals surface area contributed by atoms with Crippen molar-refractivity contribution < 1.29 is 18.3 Å². The monoisotopic (exact) mass is 229 g/mol. The van der Waals surface area contributed by atoms with Crippen molar-refractivity contribution in [2.24, 2.45) is 0 Å². The molecule has 1 aromatic rings. The van der Waals surface area contributed by atoms with Crippen LogP contribution in [0, 0.1) is 11.6 Å². The second-order valence-corrected chi connectivity index (χ2v) is 3.34. The van der Waals surface area contributed by atoms with Crippen molar-refractivity contribution >= 4 is 11.7 Å². The molecule has 0 unspecified atom stereocenters. The molecule has 0 aliphatic carbocycles. The normalized spacial score (nSPS) is 10.0. The summed E-state index contributed by atoms with van der Waals surface area (Å²) in [5.74, 6) is -1.63. The smallest absolute Gasteiger partial charge is 0.307 e. The molecule has 0 atom stereocenters. The first-order chi connectivity index (χ1) is 7.54. The number of hydrogen-bond donors (Lipinski definition) is 0. The Labute approximate surface area is 92.6 Å². The van der Waals surface area contributed by atoms with Crippen molar-refractivity contribution in [3.05, 3.63) is 29.8 Å². The third-order valence-corrected chi connectivity index (χ3v) is 2.20. The van der Waals surface area contributed by atoms with Crippen LogP contribution < -0.4 is 4.90 Å². The highest BCUT2D eigenvalue weighted by Gasteiger charge is 2.10. The lowest BCUT2D eigenvalue weighted by atomic mass is 10.2. The highest BCUT2D eigenvalue weighted by molar-refractivity contribution is 5.70. The summed E-state index contributed by atoms with van der Waals surface area (Å²) in [6.07, 6.45) is 0.157. The van der Waals surface area contributed by atoms with Crippen LogP contribution >= 0.6 is 0 Å². The number of nitrogens with zero attached hydrogens (tertiary/aromatic N) is 1. The maximum atomic E-state index is 13.3. The van der Waals surface area contributed by atoms with Gasteiger partial charge in [0.05, 0.1) is 19.2 Å².